The summed E-state index contributed by atoms with van der Waals surface area (Å²) >= 11 is 0. The van der Waals surface area contributed by atoms with E-state index in [4.69, 9.17) is 0 Å². The van der Waals surface area contributed by atoms with Gasteiger partial charge in [0.15, 0.2) is 5.69 Å². The standard InChI is InChI=1S/C17H14N4O3/c1-12-4-2-5-13(10-12)18-17(22)16-8-9-20(19-16)14-6-3-7-15(11-14)21(23)24/h2-11H,1H3,(H,18,22). The molecule has 0 atom stereocenters. The Balaban J connectivity index is 1.81. The van der Waals surface area contributed by atoms with Gasteiger partial charge in [-0.25, -0.2) is 4.68 Å². The van der Waals surface area contributed by atoms with E-state index in [1.54, 1.807) is 30.5 Å². The molecule has 7 nitrogen and oxygen atoms in total. The Labute approximate surface area is 137 Å². The zero-order valence-electron chi connectivity index (χ0n) is 12.8. The Morgan fingerprint density at radius 2 is 1.96 bits per heavy atom. The van der Waals surface area contributed by atoms with Crippen LogP contribution in [0.25, 0.3) is 5.69 Å². The van der Waals surface area contributed by atoms with Crippen molar-refractivity contribution in [2.45, 2.75) is 6.92 Å². The van der Waals surface area contributed by atoms with Gasteiger partial charge in [0.2, 0.25) is 0 Å². The Bertz CT molecular complexity index is 917. The maximum Gasteiger partial charge on any atom is 0.276 e. The summed E-state index contributed by atoms with van der Waals surface area (Å²) in [5.74, 6) is -0.343. The van der Waals surface area contributed by atoms with Gasteiger partial charge in [-0.05, 0) is 36.8 Å². The summed E-state index contributed by atoms with van der Waals surface area (Å²) in [4.78, 5) is 22.6. The number of aromatic nitrogens is 2. The lowest BCUT2D eigenvalue weighted by molar-refractivity contribution is -0.384. The van der Waals surface area contributed by atoms with Gasteiger partial charge in [-0.15, -0.1) is 0 Å². The molecule has 24 heavy (non-hydrogen) atoms. The van der Waals surface area contributed by atoms with Crippen molar-refractivity contribution in [3.05, 3.63) is 82.2 Å². The number of nitro groups is 1. The van der Waals surface area contributed by atoms with Crippen molar-refractivity contribution >= 4 is 17.3 Å². The SMILES string of the molecule is Cc1cccc(NC(=O)c2ccn(-c3cccc([N+](=O)[O-])c3)n2)c1. The van der Waals surface area contributed by atoms with Crippen molar-refractivity contribution in [2.75, 3.05) is 5.32 Å². The molecule has 120 valence electrons. The number of hydrogen-bond acceptors (Lipinski definition) is 4. The molecule has 0 saturated heterocycles. The van der Waals surface area contributed by atoms with Crippen molar-refractivity contribution in [1.82, 2.24) is 9.78 Å². The van der Waals surface area contributed by atoms with E-state index in [2.05, 4.69) is 10.4 Å². The van der Waals surface area contributed by atoms with Gasteiger partial charge in [0, 0.05) is 24.0 Å². The summed E-state index contributed by atoms with van der Waals surface area (Å²) in [6, 6.07) is 15.1. The molecule has 1 N–H and O–H groups in total. The van der Waals surface area contributed by atoms with E-state index in [1.807, 2.05) is 25.1 Å². The van der Waals surface area contributed by atoms with Gasteiger partial charge in [-0.1, -0.05) is 18.2 Å². The molecule has 3 rings (SSSR count). The molecular weight excluding hydrogens is 308 g/mol. The first-order valence-corrected chi connectivity index (χ1v) is 7.21. The number of nitrogens with one attached hydrogen (secondary N) is 1. The largest absolute Gasteiger partial charge is 0.321 e. The lowest BCUT2D eigenvalue weighted by Crippen LogP contribution is -2.13. The molecule has 0 aliphatic heterocycles. The molecule has 3 aromatic rings. The van der Waals surface area contributed by atoms with Gasteiger partial charge in [-0.3, -0.25) is 14.9 Å². The molecule has 0 aliphatic rings. The Morgan fingerprint density at radius 1 is 1.17 bits per heavy atom. The van der Waals surface area contributed by atoms with E-state index < -0.39 is 4.92 Å². The van der Waals surface area contributed by atoms with E-state index in [0.717, 1.165) is 5.56 Å². The first kappa shape index (κ1) is 15.4. The van der Waals surface area contributed by atoms with Gasteiger partial charge in [0.05, 0.1) is 10.6 Å². The first-order chi connectivity index (χ1) is 11.5. The molecule has 1 amide bonds. The van der Waals surface area contributed by atoms with Crippen LogP contribution in [0.1, 0.15) is 16.1 Å². The number of nitro benzene ring substituents is 1. The maximum absolute atomic E-state index is 12.3. The van der Waals surface area contributed by atoms with Crippen LogP contribution in [0.5, 0.6) is 0 Å². The van der Waals surface area contributed by atoms with E-state index in [-0.39, 0.29) is 17.3 Å². The third kappa shape index (κ3) is 3.30. The molecule has 0 fully saturated rings. The molecular formula is C17H14N4O3. The van der Waals surface area contributed by atoms with Crippen LogP contribution in [0.3, 0.4) is 0 Å². The molecule has 0 unspecified atom stereocenters. The van der Waals surface area contributed by atoms with Crippen LogP contribution in [0.2, 0.25) is 0 Å². The molecule has 1 aromatic heterocycles. The number of benzene rings is 2. The summed E-state index contributed by atoms with van der Waals surface area (Å²) in [6.07, 6.45) is 1.59. The second-order valence-electron chi connectivity index (χ2n) is 5.25. The van der Waals surface area contributed by atoms with Crippen LogP contribution in [-0.4, -0.2) is 20.6 Å². The van der Waals surface area contributed by atoms with Crippen molar-refractivity contribution in [3.8, 4) is 5.69 Å². The van der Waals surface area contributed by atoms with Crippen molar-refractivity contribution in [3.63, 3.8) is 0 Å². The predicted molar refractivity (Wildman–Crippen MR) is 89.4 cm³/mol. The van der Waals surface area contributed by atoms with Gasteiger partial charge < -0.3 is 5.32 Å². The third-order valence-electron chi connectivity index (χ3n) is 3.40. The highest BCUT2D eigenvalue weighted by molar-refractivity contribution is 6.02. The number of carbonyl (C=O) groups is 1. The first-order valence-electron chi connectivity index (χ1n) is 7.21. The van der Waals surface area contributed by atoms with Crippen molar-refractivity contribution in [1.29, 1.82) is 0 Å². The summed E-state index contributed by atoms with van der Waals surface area (Å²) < 4.78 is 1.43. The lowest BCUT2D eigenvalue weighted by Gasteiger charge is -2.04. The van der Waals surface area contributed by atoms with Crippen LogP contribution < -0.4 is 5.32 Å². The monoisotopic (exact) mass is 322 g/mol. The van der Waals surface area contributed by atoms with Gasteiger partial charge in [0.25, 0.3) is 11.6 Å². The third-order valence-corrected chi connectivity index (χ3v) is 3.40. The Morgan fingerprint density at radius 3 is 2.71 bits per heavy atom. The Hall–Kier alpha value is -3.48. The fourth-order valence-corrected chi connectivity index (χ4v) is 2.26. The summed E-state index contributed by atoms with van der Waals surface area (Å²) in [7, 11) is 0. The summed E-state index contributed by atoms with van der Waals surface area (Å²) in [5.41, 5.74) is 2.43. The minimum atomic E-state index is -0.474. The number of aryl methyl sites for hydroxylation is 1. The highest BCUT2D eigenvalue weighted by Crippen LogP contribution is 2.17. The fourth-order valence-electron chi connectivity index (χ4n) is 2.26. The number of nitrogens with zero attached hydrogens (tertiary/aromatic N) is 3. The lowest BCUT2D eigenvalue weighted by atomic mass is 10.2. The van der Waals surface area contributed by atoms with Gasteiger partial charge >= 0.3 is 0 Å². The van der Waals surface area contributed by atoms with Crippen molar-refractivity contribution < 1.29 is 9.72 Å². The molecule has 2 aromatic carbocycles. The summed E-state index contributed by atoms with van der Waals surface area (Å²) in [5, 5.41) is 17.8. The minimum absolute atomic E-state index is 0.0336. The normalized spacial score (nSPS) is 10.4. The fraction of sp³-hybridized carbons (Fsp3) is 0.0588. The van der Waals surface area contributed by atoms with E-state index in [0.29, 0.717) is 11.4 Å². The second-order valence-corrected chi connectivity index (χ2v) is 5.25. The average molecular weight is 322 g/mol. The number of carbonyl (C=O) groups excluding carboxylic acids is 1. The van der Waals surface area contributed by atoms with Crippen LogP contribution in [0, 0.1) is 17.0 Å². The molecule has 0 bridgehead atoms. The highest BCUT2D eigenvalue weighted by Gasteiger charge is 2.12. The molecule has 7 heteroatoms. The van der Waals surface area contributed by atoms with Crippen LogP contribution >= 0.6 is 0 Å². The molecule has 1 heterocycles. The molecule has 0 radical (unpaired) electrons. The summed E-state index contributed by atoms with van der Waals surface area (Å²) in [6.45, 7) is 1.94. The van der Waals surface area contributed by atoms with E-state index in [1.165, 1.54) is 16.8 Å². The minimum Gasteiger partial charge on any atom is -0.321 e. The molecule has 0 aliphatic carbocycles. The molecule has 0 saturated carbocycles. The smallest absolute Gasteiger partial charge is 0.276 e. The zero-order chi connectivity index (χ0) is 17.1. The number of non-ortho nitro benzene ring substituents is 1. The van der Waals surface area contributed by atoms with Gasteiger partial charge in [-0.2, -0.15) is 5.10 Å². The van der Waals surface area contributed by atoms with Crippen LogP contribution in [0.4, 0.5) is 11.4 Å². The van der Waals surface area contributed by atoms with Crippen molar-refractivity contribution in [2.24, 2.45) is 0 Å². The topological polar surface area (TPSA) is 90.1 Å². The zero-order valence-corrected chi connectivity index (χ0v) is 12.8. The average Bonchev–Trinajstić information content (AvgIpc) is 3.05. The maximum atomic E-state index is 12.3. The second kappa shape index (κ2) is 6.33. The number of rotatable bonds is 4. The van der Waals surface area contributed by atoms with Crippen LogP contribution in [-0.2, 0) is 0 Å². The predicted octanol–water partition coefficient (Wildman–Crippen LogP) is 3.34. The molecule has 0 spiro atoms. The van der Waals surface area contributed by atoms with Crippen LogP contribution in [0.15, 0.2) is 60.8 Å². The number of anilines is 1. The number of hydrogen-bond donors (Lipinski definition) is 1. The highest BCUT2D eigenvalue weighted by atomic mass is 16.6. The van der Waals surface area contributed by atoms with Gasteiger partial charge in [0.1, 0.15) is 0 Å². The van der Waals surface area contributed by atoms with E-state index >= 15 is 0 Å². The van der Waals surface area contributed by atoms with E-state index in [9.17, 15) is 14.9 Å². The Kier molecular flexibility index (Phi) is 4.07. The number of amides is 1. The quantitative estimate of drug-likeness (QED) is 0.589.